The highest BCUT2D eigenvalue weighted by atomic mass is 35.5. The van der Waals surface area contributed by atoms with E-state index in [9.17, 15) is 4.79 Å². The fourth-order valence-electron chi connectivity index (χ4n) is 4.40. The maximum absolute atomic E-state index is 13.5. The van der Waals surface area contributed by atoms with Crippen molar-refractivity contribution in [1.82, 2.24) is 9.88 Å². The standard InChI is InChI=1S/C22H22ClN3O2/c23-18-5-3-17(4-6-18)22(9-1-2-10-22)21(27)26-12-8-19(15-26)28-20-13-16(14-24)7-11-25-20/h3-7,11,13,19H,1-2,8-10,12,15H2. The minimum Gasteiger partial charge on any atom is -0.472 e. The summed E-state index contributed by atoms with van der Waals surface area (Å²) in [6, 6.07) is 13.1. The number of hydrogen-bond donors (Lipinski definition) is 0. The molecule has 28 heavy (non-hydrogen) atoms. The number of amides is 1. The van der Waals surface area contributed by atoms with Crippen LogP contribution in [0.15, 0.2) is 42.6 Å². The van der Waals surface area contributed by atoms with Crippen LogP contribution in [0, 0.1) is 11.3 Å². The number of benzene rings is 1. The second kappa shape index (κ2) is 7.81. The number of halogens is 1. The summed E-state index contributed by atoms with van der Waals surface area (Å²) in [6.07, 6.45) is 6.11. The maximum Gasteiger partial charge on any atom is 0.233 e. The van der Waals surface area contributed by atoms with E-state index in [1.807, 2.05) is 29.2 Å². The zero-order valence-electron chi connectivity index (χ0n) is 15.6. The van der Waals surface area contributed by atoms with Crippen LogP contribution in [0.1, 0.15) is 43.2 Å². The molecule has 2 fully saturated rings. The molecule has 144 valence electrons. The third kappa shape index (κ3) is 3.57. The van der Waals surface area contributed by atoms with E-state index in [-0.39, 0.29) is 12.0 Å². The van der Waals surface area contributed by atoms with E-state index >= 15 is 0 Å². The highest BCUT2D eigenvalue weighted by Gasteiger charge is 2.46. The minimum atomic E-state index is -0.446. The normalized spacial score (nSPS) is 20.7. The van der Waals surface area contributed by atoms with E-state index < -0.39 is 5.41 Å². The zero-order valence-corrected chi connectivity index (χ0v) is 16.4. The summed E-state index contributed by atoms with van der Waals surface area (Å²) in [4.78, 5) is 19.6. The molecule has 4 rings (SSSR count). The third-order valence-corrected chi connectivity index (χ3v) is 6.10. The lowest BCUT2D eigenvalue weighted by molar-refractivity contribution is -0.136. The summed E-state index contributed by atoms with van der Waals surface area (Å²) in [6.45, 7) is 1.23. The first-order chi connectivity index (χ1) is 13.6. The predicted molar refractivity (Wildman–Crippen MR) is 106 cm³/mol. The van der Waals surface area contributed by atoms with Crippen LogP contribution < -0.4 is 4.74 Å². The van der Waals surface area contributed by atoms with Crippen LogP contribution in [0.25, 0.3) is 0 Å². The first-order valence-electron chi connectivity index (χ1n) is 9.69. The van der Waals surface area contributed by atoms with Crippen molar-refractivity contribution in [3.63, 3.8) is 0 Å². The number of nitriles is 1. The smallest absolute Gasteiger partial charge is 0.233 e. The first-order valence-corrected chi connectivity index (χ1v) is 10.1. The molecule has 0 bridgehead atoms. The Morgan fingerprint density at radius 1 is 1.25 bits per heavy atom. The summed E-state index contributed by atoms with van der Waals surface area (Å²) in [5.41, 5.74) is 1.13. The Balaban J connectivity index is 1.48. The van der Waals surface area contributed by atoms with Gasteiger partial charge in [0.2, 0.25) is 11.8 Å². The van der Waals surface area contributed by atoms with Crippen molar-refractivity contribution < 1.29 is 9.53 Å². The molecular formula is C22H22ClN3O2. The molecule has 1 unspecified atom stereocenters. The van der Waals surface area contributed by atoms with Crippen LogP contribution in [0.4, 0.5) is 0 Å². The number of rotatable bonds is 4. The van der Waals surface area contributed by atoms with E-state index in [0.29, 0.717) is 29.6 Å². The molecule has 1 amide bonds. The number of nitrogens with zero attached hydrogens (tertiary/aromatic N) is 3. The van der Waals surface area contributed by atoms with Crippen molar-refractivity contribution in [2.45, 2.75) is 43.6 Å². The minimum absolute atomic E-state index is 0.103. The monoisotopic (exact) mass is 395 g/mol. The van der Waals surface area contributed by atoms with Gasteiger partial charge in [0.25, 0.3) is 0 Å². The molecule has 6 heteroatoms. The van der Waals surface area contributed by atoms with Crippen LogP contribution >= 0.6 is 11.6 Å². The Morgan fingerprint density at radius 2 is 2.00 bits per heavy atom. The number of likely N-dealkylation sites (tertiary alicyclic amines) is 1. The highest BCUT2D eigenvalue weighted by molar-refractivity contribution is 6.30. The van der Waals surface area contributed by atoms with E-state index in [2.05, 4.69) is 11.1 Å². The molecule has 0 radical (unpaired) electrons. The first kappa shape index (κ1) is 18.8. The number of aromatic nitrogens is 1. The van der Waals surface area contributed by atoms with Crippen LogP contribution in [-0.4, -0.2) is 35.0 Å². The van der Waals surface area contributed by atoms with Gasteiger partial charge in [-0.3, -0.25) is 4.79 Å². The lowest BCUT2D eigenvalue weighted by Crippen LogP contribution is -2.45. The van der Waals surface area contributed by atoms with E-state index in [4.69, 9.17) is 21.6 Å². The summed E-state index contributed by atoms with van der Waals surface area (Å²) in [5, 5.41) is 9.70. The molecule has 1 saturated heterocycles. The van der Waals surface area contributed by atoms with Gasteiger partial charge in [-0.25, -0.2) is 4.98 Å². The van der Waals surface area contributed by atoms with Crippen LogP contribution in [0.5, 0.6) is 5.88 Å². The van der Waals surface area contributed by atoms with Gasteiger partial charge < -0.3 is 9.64 Å². The van der Waals surface area contributed by atoms with Crippen molar-refractivity contribution >= 4 is 17.5 Å². The van der Waals surface area contributed by atoms with Gasteiger partial charge in [-0.2, -0.15) is 5.26 Å². The van der Waals surface area contributed by atoms with Crippen LogP contribution in [0.3, 0.4) is 0 Å². The molecular weight excluding hydrogens is 374 g/mol. The Bertz CT molecular complexity index is 901. The summed E-state index contributed by atoms with van der Waals surface area (Å²) in [7, 11) is 0. The molecule has 1 aromatic heterocycles. The average Bonchev–Trinajstić information content (AvgIpc) is 3.39. The molecule has 1 aliphatic heterocycles. The molecule has 2 aliphatic rings. The van der Waals surface area contributed by atoms with Crippen molar-refractivity contribution in [3.05, 3.63) is 58.7 Å². The number of carbonyl (C=O) groups excluding carboxylic acids is 1. The highest BCUT2D eigenvalue weighted by Crippen LogP contribution is 2.43. The van der Waals surface area contributed by atoms with Gasteiger partial charge in [0.15, 0.2) is 0 Å². The SMILES string of the molecule is N#Cc1ccnc(OC2CCN(C(=O)C3(c4ccc(Cl)cc4)CCCC3)C2)c1. The molecule has 2 aromatic rings. The van der Waals surface area contributed by atoms with E-state index in [0.717, 1.165) is 37.7 Å². The van der Waals surface area contributed by atoms with Gasteiger partial charge in [0.1, 0.15) is 6.10 Å². The molecule has 1 aliphatic carbocycles. The van der Waals surface area contributed by atoms with Crippen molar-refractivity contribution in [1.29, 1.82) is 5.26 Å². The second-order valence-electron chi connectivity index (χ2n) is 7.57. The average molecular weight is 396 g/mol. The molecule has 0 N–H and O–H groups in total. The van der Waals surface area contributed by atoms with E-state index in [1.54, 1.807) is 18.3 Å². The van der Waals surface area contributed by atoms with Gasteiger partial charge in [-0.1, -0.05) is 36.6 Å². The molecule has 1 atom stereocenters. The Morgan fingerprint density at radius 3 is 2.71 bits per heavy atom. The summed E-state index contributed by atoms with van der Waals surface area (Å²) < 4.78 is 5.94. The molecule has 1 aromatic carbocycles. The second-order valence-corrected chi connectivity index (χ2v) is 8.01. The van der Waals surface area contributed by atoms with Gasteiger partial charge in [0, 0.05) is 30.3 Å². The zero-order chi connectivity index (χ0) is 19.6. The number of ether oxygens (including phenoxy) is 1. The number of hydrogen-bond acceptors (Lipinski definition) is 4. The van der Waals surface area contributed by atoms with Gasteiger partial charge in [-0.05, 0) is 36.6 Å². The number of pyridine rings is 1. The summed E-state index contributed by atoms with van der Waals surface area (Å²) in [5.74, 6) is 0.629. The Labute approximate surface area is 169 Å². The molecule has 5 nitrogen and oxygen atoms in total. The van der Waals surface area contributed by atoms with Crippen molar-refractivity contribution in [2.24, 2.45) is 0 Å². The fraction of sp³-hybridized carbons (Fsp3) is 0.409. The van der Waals surface area contributed by atoms with Crippen LogP contribution in [-0.2, 0) is 10.2 Å². The van der Waals surface area contributed by atoms with Crippen molar-refractivity contribution in [2.75, 3.05) is 13.1 Å². The molecule has 2 heterocycles. The quantitative estimate of drug-likeness (QED) is 0.781. The largest absolute Gasteiger partial charge is 0.472 e. The lowest BCUT2D eigenvalue weighted by Gasteiger charge is -2.33. The van der Waals surface area contributed by atoms with E-state index in [1.165, 1.54) is 0 Å². The molecule has 0 spiro atoms. The van der Waals surface area contributed by atoms with Gasteiger partial charge in [0.05, 0.1) is 23.6 Å². The number of carbonyl (C=O) groups is 1. The summed E-state index contributed by atoms with van der Waals surface area (Å²) >= 11 is 6.05. The Kier molecular flexibility index (Phi) is 5.23. The van der Waals surface area contributed by atoms with Gasteiger partial charge in [-0.15, -0.1) is 0 Å². The fourth-order valence-corrected chi connectivity index (χ4v) is 4.53. The Hall–Kier alpha value is -2.58. The predicted octanol–water partition coefficient (Wildman–Crippen LogP) is 4.10. The third-order valence-electron chi connectivity index (χ3n) is 5.85. The van der Waals surface area contributed by atoms with Crippen molar-refractivity contribution in [3.8, 4) is 11.9 Å². The van der Waals surface area contributed by atoms with Crippen LogP contribution in [0.2, 0.25) is 5.02 Å². The van der Waals surface area contributed by atoms with Gasteiger partial charge >= 0.3 is 0 Å². The molecule has 1 saturated carbocycles. The maximum atomic E-state index is 13.5. The topological polar surface area (TPSA) is 66.2 Å². The lowest BCUT2D eigenvalue weighted by atomic mass is 9.77.